The fraction of sp³-hybridized carbons (Fsp3) is 0. The average Bonchev–Trinajstić information content (AvgIpc) is 3.71. The first kappa shape index (κ1) is 33.6. The van der Waals surface area contributed by atoms with Crippen molar-refractivity contribution in [1.82, 2.24) is 15.0 Å². The summed E-state index contributed by atoms with van der Waals surface area (Å²) in [5.74, 6) is 0. The maximum absolute atomic E-state index is 5.58. The standard InChI is InChI=1S/C55H33N3S/c1-2-11-37(12-3-1)47-32-30-40-28-29-41-31-33-48(57-53(41)52(40)56-47)38-24-20-36(21-25-38)44-17-9-18-46-54(44)58-51(50-45-15-6-7-19-49(45)59-55(46)50)39-26-22-35(23-27-39)43-16-8-13-34-10-4-5-14-42(34)43/h1-33H. The second kappa shape index (κ2) is 13.6. The van der Waals surface area contributed by atoms with Crippen LogP contribution in [0.4, 0.5) is 0 Å². The van der Waals surface area contributed by atoms with E-state index < -0.39 is 0 Å². The molecule has 0 aliphatic heterocycles. The first-order valence-corrected chi connectivity index (χ1v) is 20.7. The number of nitrogens with zero attached hydrogens (tertiary/aromatic N) is 3. The quantitative estimate of drug-likeness (QED) is 0.164. The molecule has 0 bridgehead atoms. The fourth-order valence-corrected chi connectivity index (χ4v) is 9.96. The average molecular weight is 768 g/mol. The molecule has 0 amide bonds. The van der Waals surface area contributed by atoms with Gasteiger partial charge in [-0.2, -0.15) is 0 Å². The van der Waals surface area contributed by atoms with Crippen LogP contribution in [-0.2, 0) is 0 Å². The van der Waals surface area contributed by atoms with Gasteiger partial charge in [-0.25, -0.2) is 15.0 Å². The Hall–Kier alpha value is -7.53. The van der Waals surface area contributed by atoms with Gasteiger partial charge in [0, 0.05) is 58.6 Å². The van der Waals surface area contributed by atoms with Crippen LogP contribution in [0.3, 0.4) is 0 Å². The van der Waals surface area contributed by atoms with E-state index in [0.717, 1.165) is 72.2 Å². The summed E-state index contributed by atoms with van der Waals surface area (Å²) in [5, 5.41) is 8.28. The number of hydrogen-bond acceptors (Lipinski definition) is 4. The van der Waals surface area contributed by atoms with Crippen molar-refractivity contribution < 1.29 is 0 Å². The molecule has 3 nitrogen and oxygen atoms in total. The van der Waals surface area contributed by atoms with Gasteiger partial charge in [0.15, 0.2) is 0 Å². The van der Waals surface area contributed by atoms with Crippen molar-refractivity contribution in [2.45, 2.75) is 0 Å². The van der Waals surface area contributed by atoms with Gasteiger partial charge in [0.2, 0.25) is 0 Å². The first-order chi connectivity index (χ1) is 29.2. The van der Waals surface area contributed by atoms with Gasteiger partial charge >= 0.3 is 0 Å². The Kier molecular flexibility index (Phi) is 7.72. The molecule has 0 N–H and O–H groups in total. The van der Waals surface area contributed by atoms with Crippen LogP contribution >= 0.6 is 11.3 Å². The van der Waals surface area contributed by atoms with E-state index in [9.17, 15) is 0 Å². The van der Waals surface area contributed by atoms with Gasteiger partial charge in [-0.3, -0.25) is 0 Å². The van der Waals surface area contributed by atoms with Crippen molar-refractivity contribution in [2.24, 2.45) is 0 Å². The van der Waals surface area contributed by atoms with Crippen LogP contribution in [0.15, 0.2) is 200 Å². The highest BCUT2D eigenvalue weighted by atomic mass is 32.1. The summed E-state index contributed by atoms with van der Waals surface area (Å²) in [6.07, 6.45) is 0. The summed E-state index contributed by atoms with van der Waals surface area (Å²) in [6, 6.07) is 71.3. The van der Waals surface area contributed by atoms with Crippen molar-refractivity contribution in [3.63, 3.8) is 0 Å². The lowest BCUT2D eigenvalue weighted by atomic mass is 9.95. The zero-order valence-corrected chi connectivity index (χ0v) is 32.6. The van der Waals surface area contributed by atoms with Crippen LogP contribution in [0.5, 0.6) is 0 Å². The van der Waals surface area contributed by atoms with Crippen LogP contribution in [0, 0.1) is 0 Å². The molecule has 0 spiro atoms. The molecule has 4 heterocycles. The van der Waals surface area contributed by atoms with E-state index in [1.165, 1.54) is 47.5 Å². The maximum atomic E-state index is 5.58. The molecular weight excluding hydrogens is 735 g/mol. The summed E-state index contributed by atoms with van der Waals surface area (Å²) in [6.45, 7) is 0. The van der Waals surface area contributed by atoms with Crippen molar-refractivity contribution in [2.75, 3.05) is 0 Å². The van der Waals surface area contributed by atoms with Crippen molar-refractivity contribution >= 4 is 75.0 Å². The van der Waals surface area contributed by atoms with Crippen molar-refractivity contribution in [1.29, 1.82) is 0 Å². The normalized spacial score (nSPS) is 11.7. The molecule has 59 heavy (non-hydrogen) atoms. The lowest BCUT2D eigenvalue weighted by molar-refractivity contribution is 1.36. The largest absolute Gasteiger partial charge is 0.246 e. The molecule has 4 aromatic heterocycles. The van der Waals surface area contributed by atoms with Gasteiger partial charge in [-0.15, -0.1) is 11.3 Å². The molecule has 0 radical (unpaired) electrons. The third-order valence-electron chi connectivity index (χ3n) is 11.7. The fourth-order valence-electron chi connectivity index (χ4n) is 8.73. The molecule has 12 aromatic rings. The number of para-hydroxylation sites is 1. The zero-order chi connectivity index (χ0) is 38.9. The Labute approximate surface area is 344 Å². The second-order valence-electron chi connectivity index (χ2n) is 15.1. The summed E-state index contributed by atoms with van der Waals surface area (Å²) in [7, 11) is 0. The van der Waals surface area contributed by atoms with Gasteiger partial charge < -0.3 is 0 Å². The Morgan fingerprint density at radius 3 is 1.58 bits per heavy atom. The first-order valence-electron chi connectivity index (χ1n) is 19.9. The van der Waals surface area contributed by atoms with Gasteiger partial charge in [0.25, 0.3) is 0 Å². The van der Waals surface area contributed by atoms with Gasteiger partial charge in [-0.1, -0.05) is 182 Å². The van der Waals surface area contributed by atoms with E-state index in [1.54, 1.807) is 0 Å². The molecular formula is C55H33N3S. The summed E-state index contributed by atoms with van der Waals surface area (Å²) >= 11 is 1.85. The monoisotopic (exact) mass is 767 g/mol. The molecule has 12 rings (SSSR count). The molecule has 4 heteroatoms. The number of fused-ring (bicyclic) bond motifs is 9. The molecule has 274 valence electrons. The van der Waals surface area contributed by atoms with Gasteiger partial charge in [0.1, 0.15) is 0 Å². The number of thiophene rings is 1. The summed E-state index contributed by atoms with van der Waals surface area (Å²) in [5.41, 5.74) is 13.6. The Bertz CT molecular complexity index is 3590. The molecule has 0 saturated carbocycles. The van der Waals surface area contributed by atoms with E-state index in [1.807, 2.05) is 29.5 Å². The lowest BCUT2D eigenvalue weighted by Crippen LogP contribution is -1.92. The van der Waals surface area contributed by atoms with E-state index in [4.69, 9.17) is 15.0 Å². The van der Waals surface area contributed by atoms with Gasteiger partial charge in [-0.05, 0) is 45.7 Å². The molecule has 0 aliphatic rings. The molecule has 0 atom stereocenters. The minimum Gasteiger partial charge on any atom is -0.246 e. The Morgan fingerprint density at radius 2 is 0.831 bits per heavy atom. The molecule has 8 aromatic carbocycles. The number of rotatable bonds is 5. The number of benzene rings is 8. The van der Waals surface area contributed by atoms with E-state index in [0.29, 0.717) is 0 Å². The summed E-state index contributed by atoms with van der Waals surface area (Å²) in [4.78, 5) is 15.9. The number of pyridine rings is 3. The topological polar surface area (TPSA) is 38.7 Å². The summed E-state index contributed by atoms with van der Waals surface area (Å²) < 4.78 is 2.53. The zero-order valence-electron chi connectivity index (χ0n) is 31.8. The molecule has 0 saturated heterocycles. The van der Waals surface area contributed by atoms with Gasteiger partial charge in [0.05, 0.1) is 33.6 Å². The number of aromatic nitrogens is 3. The van der Waals surface area contributed by atoms with Crippen molar-refractivity contribution in [3.05, 3.63) is 200 Å². The van der Waals surface area contributed by atoms with Crippen LogP contribution in [-0.4, -0.2) is 15.0 Å². The highest BCUT2D eigenvalue weighted by Crippen LogP contribution is 2.45. The molecule has 0 aliphatic carbocycles. The number of hydrogen-bond donors (Lipinski definition) is 0. The Balaban J connectivity index is 0.969. The Morgan fingerprint density at radius 1 is 0.305 bits per heavy atom. The molecule has 0 unspecified atom stereocenters. The van der Waals surface area contributed by atoms with Crippen LogP contribution < -0.4 is 0 Å². The van der Waals surface area contributed by atoms with E-state index in [-0.39, 0.29) is 0 Å². The SMILES string of the molecule is c1ccc(-c2ccc3ccc4ccc(-c5ccc(-c6cccc7c6nc(-c6ccc(-c8cccc9ccccc89)cc6)c6c8ccccc8sc76)cc5)nc4c3n2)cc1. The minimum atomic E-state index is 0.908. The minimum absolute atomic E-state index is 0.908. The van der Waals surface area contributed by atoms with Crippen molar-refractivity contribution in [3.8, 4) is 56.0 Å². The smallest absolute Gasteiger partial charge is 0.0972 e. The van der Waals surface area contributed by atoms with E-state index in [2.05, 4.69) is 182 Å². The third kappa shape index (κ3) is 5.60. The van der Waals surface area contributed by atoms with Crippen LogP contribution in [0.1, 0.15) is 0 Å². The van der Waals surface area contributed by atoms with Crippen LogP contribution in [0.25, 0.3) is 120 Å². The predicted molar refractivity (Wildman–Crippen MR) is 250 cm³/mol. The predicted octanol–water partition coefficient (Wildman–Crippen LogP) is 15.2. The lowest BCUT2D eigenvalue weighted by Gasteiger charge is -2.13. The van der Waals surface area contributed by atoms with Crippen LogP contribution in [0.2, 0.25) is 0 Å². The second-order valence-corrected chi connectivity index (χ2v) is 16.2. The van der Waals surface area contributed by atoms with E-state index >= 15 is 0 Å². The molecule has 0 fully saturated rings. The maximum Gasteiger partial charge on any atom is 0.0972 e. The highest BCUT2D eigenvalue weighted by molar-refractivity contribution is 7.26. The third-order valence-corrected chi connectivity index (χ3v) is 12.9. The highest BCUT2D eigenvalue weighted by Gasteiger charge is 2.19.